The van der Waals surface area contributed by atoms with Gasteiger partial charge in [-0.1, -0.05) is 12.1 Å². The Labute approximate surface area is 93.6 Å². The van der Waals surface area contributed by atoms with Crippen molar-refractivity contribution in [2.75, 3.05) is 13.7 Å². The predicted octanol–water partition coefficient (Wildman–Crippen LogP) is 2.04. The lowest BCUT2D eigenvalue weighted by molar-refractivity contribution is 0.0595. The lowest BCUT2D eigenvalue weighted by Gasteiger charge is -2.13. The molecule has 0 radical (unpaired) electrons. The highest BCUT2D eigenvalue weighted by molar-refractivity contribution is 5.89. The highest BCUT2D eigenvalue weighted by Crippen LogP contribution is 2.27. The average Bonchev–Trinajstić information content (AvgIpc) is 2.82. The van der Waals surface area contributed by atoms with Crippen LogP contribution in [0.25, 0.3) is 0 Å². The summed E-state index contributed by atoms with van der Waals surface area (Å²) in [5.41, 5.74) is 0.564. The van der Waals surface area contributed by atoms with Gasteiger partial charge in [-0.2, -0.15) is 0 Å². The molecular formula is C12H14FNO2. The van der Waals surface area contributed by atoms with Gasteiger partial charge in [-0.05, 0) is 25.5 Å². The third-order valence-electron chi connectivity index (χ3n) is 2.87. The molecule has 0 bridgehead atoms. The number of ether oxygens (including phenoxy) is 1. The minimum absolute atomic E-state index is 0.00806. The molecule has 1 heterocycles. The van der Waals surface area contributed by atoms with Crippen LogP contribution in [0.15, 0.2) is 18.2 Å². The number of nitrogens with one attached hydrogen (secondary N) is 1. The summed E-state index contributed by atoms with van der Waals surface area (Å²) in [6.45, 7) is 0.895. The lowest BCUT2D eigenvalue weighted by Crippen LogP contribution is -2.16. The number of esters is 1. The van der Waals surface area contributed by atoms with Crippen molar-refractivity contribution in [2.24, 2.45) is 0 Å². The maximum Gasteiger partial charge on any atom is 0.340 e. The highest BCUT2D eigenvalue weighted by Gasteiger charge is 2.23. The van der Waals surface area contributed by atoms with Crippen molar-refractivity contribution in [3.63, 3.8) is 0 Å². The van der Waals surface area contributed by atoms with Crippen LogP contribution >= 0.6 is 0 Å². The van der Waals surface area contributed by atoms with Crippen molar-refractivity contribution < 1.29 is 13.9 Å². The van der Waals surface area contributed by atoms with Crippen LogP contribution in [0.4, 0.5) is 4.39 Å². The summed E-state index contributed by atoms with van der Waals surface area (Å²) in [7, 11) is 1.25. The fourth-order valence-electron chi connectivity index (χ4n) is 2.04. The molecule has 1 N–H and O–H groups in total. The van der Waals surface area contributed by atoms with Crippen LogP contribution in [-0.4, -0.2) is 19.6 Å². The molecule has 0 aliphatic carbocycles. The molecule has 0 amide bonds. The van der Waals surface area contributed by atoms with E-state index in [0.29, 0.717) is 5.56 Å². The molecule has 0 spiro atoms. The molecule has 1 unspecified atom stereocenters. The Kier molecular flexibility index (Phi) is 3.19. The van der Waals surface area contributed by atoms with E-state index in [0.717, 1.165) is 19.4 Å². The number of hydrogen-bond donors (Lipinski definition) is 1. The van der Waals surface area contributed by atoms with Crippen molar-refractivity contribution in [3.05, 3.63) is 35.1 Å². The molecule has 1 aliphatic heterocycles. The number of carbonyl (C=O) groups excluding carboxylic acids is 1. The fourth-order valence-corrected chi connectivity index (χ4v) is 2.04. The molecule has 1 aliphatic rings. The second kappa shape index (κ2) is 4.61. The van der Waals surface area contributed by atoms with Crippen LogP contribution in [0.2, 0.25) is 0 Å². The molecule has 1 saturated heterocycles. The minimum atomic E-state index is -0.627. The van der Waals surface area contributed by atoms with Gasteiger partial charge in [-0.25, -0.2) is 9.18 Å². The Morgan fingerprint density at radius 3 is 3.00 bits per heavy atom. The lowest BCUT2D eigenvalue weighted by atomic mass is 10.0. The Balaban J connectivity index is 2.35. The van der Waals surface area contributed by atoms with E-state index >= 15 is 0 Å². The van der Waals surface area contributed by atoms with E-state index in [2.05, 4.69) is 10.1 Å². The zero-order valence-corrected chi connectivity index (χ0v) is 9.13. The summed E-state index contributed by atoms with van der Waals surface area (Å²) in [4.78, 5) is 11.3. The summed E-state index contributed by atoms with van der Waals surface area (Å²) in [6, 6.07) is 4.86. The Bertz CT molecular complexity index is 400. The topological polar surface area (TPSA) is 38.3 Å². The zero-order chi connectivity index (χ0) is 11.5. The number of rotatable bonds is 2. The van der Waals surface area contributed by atoms with Crippen molar-refractivity contribution in [1.82, 2.24) is 5.32 Å². The monoisotopic (exact) mass is 223 g/mol. The quantitative estimate of drug-likeness (QED) is 0.780. The van der Waals surface area contributed by atoms with Gasteiger partial charge in [0.15, 0.2) is 0 Å². The molecule has 1 aromatic carbocycles. The van der Waals surface area contributed by atoms with E-state index < -0.39 is 11.8 Å². The molecular weight excluding hydrogens is 209 g/mol. The first kappa shape index (κ1) is 11.1. The molecule has 16 heavy (non-hydrogen) atoms. The molecule has 1 aromatic rings. The smallest absolute Gasteiger partial charge is 0.340 e. The first-order valence-electron chi connectivity index (χ1n) is 5.34. The van der Waals surface area contributed by atoms with Crippen LogP contribution in [0.5, 0.6) is 0 Å². The van der Waals surface area contributed by atoms with Crippen LogP contribution in [-0.2, 0) is 4.74 Å². The van der Waals surface area contributed by atoms with Gasteiger partial charge >= 0.3 is 5.97 Å². The normalized spacial score (nSPS) is 19.8. The second-order valence-electron chi connectivity index (χ2n) is 3.85. The molecule has 2 rings (SSSR count). The summed E-state index contributed by atoms with van der Waals surface area (Å²) in [5.74, 6) is -1.09. The van der Waals surface area contributed by atoms with Crippen molar-refractivity contribution in [2.45, 2.75) is 18.9 Å². The number of carbonyl (C=O) groups is 1. The number of halogens is 1. The molecule has 1 fully saturated rings. The average molecular weight is 223 g/mol. The van der Waals surface area contributed by atoms with Gasteiger partial charge in [0.05, 0.1) is 12.7 Å². The molecule has 4 heteroatoms. The standard InChI is InChI=1S/C12H14FNO2/c1-16-12(15)9-5-2-4-8(11(9)13)10-6-3-7-14-10/h2,4-5,10,14H,3,6-7H2,1H3. The summed E-state index contributed by atoms with van der Waals surface area (Å²) >= 11 is 0. The van der Waals surface area contributed by atoms with E-state index in [-0.39, 0.29) is 11.6 Å². The first-order chi connectivity index (χ1) is 7.74. The number of hydrogen-bond acceptors (Lipinski definition) is 3. The maximum absolute atomic E-state index is 14.0. The SMILES string of the molecule is COC(=O)c1cccc(C2CCCN2)c1F. The van der Waals surface area contributed by atoms with Crippen LogP contribution < -0.4 is 5.32 Å². The molecule has 86 valence electrons. The van der Waals surface area contributed by atoms with Crippen molar-refractivity contribution in [1.29, 1.82) is 0 Å². The minimum Gasteiger partial charge on any atom is -0.465 e. The molecule has 0 saturated carbocycles. The van der Waals surface area contributed by atoms with Gasteiger partial charge in [0.25, 0.3) is 0 Å². The third-order valence-corrected chi connectivity index (χ3v) is 2.87. The van der Waals surface area contributed by atoms with E-state index in [9.17, 15) is 9.18 Å². The molecule has 3 nitrogen and oxygen atoms in total. The van der Waals surface area contributed by atoms with Crippen molar-refractivity contribution in [3.8, 4) is 0 Å². The van der Waals surface area contributed by atoms with Gasteiger partial charge in [0, 0.05) is 11.6 Å². The Morgan fingerprint density at radius 2 is 2.38 bits per heavy atom. The Hall–Kier alpha value is -1.42. The predicted molar refractivity (Wildman–Crippen MR) is 57.7 cm³/mol. The van der Waals surface area contributed by atoms with Gasteiger partial charge in [-0.15, -0.1) is 0 Å². The van der Waals surface area contributed by atoms with Crippen molar-refractivity contribution >= 4 is 5.97 Å². The van der Waals surface area contributed by atoms with Gasteiger partial charge in [0.2, 0.25) is 0 Å². The fraction of sp³-hybridized carbons (Fsp3) is 0.417. The summed E-state index contributed by atoms with van der Waals surface area (Å²) < 4.78 is 18.6. The number of methoxy groups -OCH3 is 1. The second-order valence-corrected chi connectivity index (χ2v) is 3.85. The zero-order valence-electron chi connectivity index (χ0n) is 9.13. The van der Waals surface area contributed by atoms with Crippen LogP contribution in [0, 0.1) is 5.82 Å². The van der Waals surface area contributed by atoms with Crippen LogP contribution in [0.3, 0.4) is 0 Å². The third kappa shape index (κ3) is 1.93. The highest BCUT2D eigenvalue weighted by atomic mass is 19.1. The van der Waals surface area contributed by atoms with E-state index in [4.69, 9.17) is 0 Å². The maximum atomic E-state index is 14.0. The van der Waals surface area contributed by atoms with E-state index in [1.807, 2.05) is 0 Å². The Morgan fingerprint density at radius 1 is 1.56 bits per heavy atom. The summed E-state index contributed by atoms with van der Waals surface area (Å²) in [6.07, 6.45) is 1.94. The molecule has 0 aromatic heterocycles. The number of benzene rings is 1. The van der Waals surface area contributed by atoms with Gasteiger partial charge in [0.1, 0.15) is 5.82 Å². The van der Waals surface area contributed by atoms with E-state index in [1.165, 1.54) is 13.2 Å². The summed E-state index contributed by atoms with van der Waals surface area (Å²) in [5, 5.41) is 3.21. The van der Waals surface area contributed by atoms with Crippen LogP contribution in [0.1, 0.15) is 34.8 Å². The van der Waals surface area contributed by atoms with E-state index in [1.54, 1.807) is 12.1 Å². The van der Waals surface area contributed by atoms with Gasteiger partial charge < -0.3 is 10.1 Å². The molecule has 1 atom stereocenters. The first-order valence-corrected chi connectivity index (χ1v) is 5.34. The largest absolute Gasteiger partial charge is 0.465 e. The van der Waals surface area contributed by atoms with Gasteiger partial charge in [-0.3, -0.25) is 0 Å².